The average molecular weight is 283 g/mol. The lowest BCUT2D eigenvalue weighted by molar-refractivity contribution is 0.0947. The molecule has 110 valence electrons. The van der Waals surface area contributed by atoms with Crippen molar-refractivity contribution in [2.24, 2.45) is 0 Å². The lowest BCUT2D eigenvalue weighted by Crippen LogP contribution is -2.46. The van der Waals surface area contributed by atoms with Crippen molar-refractivity contribution in [1.29, 1.82) is 0 Å². The van der Waals surface area contributed by atoms with Gasteiger partial charge < -0.3 is 10.6 Å². The Bertz CT molecular complexity index is 620. The van der Waals surface area contributed by atoms with Gasteiger partial charge in [0.2, 0.25) is 0 Å². The Morgan fingerprint density at radius 2 is 1.86 bits per heavy atom. The van der Waals surface area contributed by atoms with Gasteiger partial charge in [-0.25, -0.2) is 0 Å². The van der Waals surface area contributed by atoms with Gasteiger partial charge in [0, 0.05) is 44.8 Å². The molecule has 2 aromatic carbocycles. The SMILES string of the molecule is O=C(NCCN1CCNCC1)c1ccc2ccccc2c1. The number of hydrogen-bond donors (Lipinski definition) is 2. The molecule has 0 saturated carbocycles. The van der Waals surface area contributed by atoms with E-state index in [1.165, 1.54) is 0 Å². The molecule has 1 aliphatic rings. The fourth-order valence-corrected chi connectivity index (χ4v) is 2.69. The number of carbonyl (C=O) groups excluding carboxylic acids is 1. The molecule has 2 N–H and O–H groups in total. The van der Waals surface area contributed by atoms with Crippen LogP contribution in [0.4, 0.5) is 0 Å². The highest BCUT2D eigenvalue weighted by Crippen LogP contribution is 2.15. The number of amides is 1. The van der Waals surface area contributed by atoms with E-state index in [2.05, 4.69) is 21.6 Å². The maximum Gasteiger partial charge on any atom is 0.251 e. The molecule has 1 aliphatic heterocycles. The summed E-state index contributed by atoms with van der Waals surface area (Å²) in [5.74, 6) is 0.0101. The van der Waals surface area contributed by atoms with Crippen LogP contribution >= 0.6 is 0 Å². The van der Waals surface area contributed by atoms with Gasteiger partial charge in [-0.05, 0) is 22.9 Å². The van der Waals surface area contributed by atoms with E-state index < -0.39 is 0 Å². The lowest BCUT2D eigenvalue weighted by Gasteiger charge is -2.27. The van der Waals surface area contributed by atoms with Crippen LogP contribution in [0, 0.1) is 0 Å². The number of hydrogen-bond acceptors (Lipinski definition) is 3. The van der Waals surface area contributed by atoms with Crippen LogP contribution < -0.4 is 10.6 Å². The number of nitrogens with one attached hydrogen (secondary N) is 2. The molecule has 0 bridgehead atoms. The monoisotopic (exact) mass is 283 g/mol. The second kappa shape index (κ2) is 6.70. The lowest BCUT2D eigenvalue weighted by atomic mass is 10.1. The second-order valence-electron chi connectivity index (χ2n) is 5.41. The van der Waals surface area contributed by atoms with Gasteiger partial charge >= 0.3 is 0 Å². The molecule has 4 heteroatoms. The van der Waals surface area contributed by atoms with Crippen LogP contribution in [0.2, 0.25) is 0 Å². The molecule has 1 saturated heterocycles. The Labute approximate surface area is 125 Å². The van der Waals surface area contributed by atoms with Crippen LogP contribution in [-0.4, -0.2) is 50.1 Å². The third-order valence-electron chi connectivity index (χ3n) is 3.93. The van der Waals surface area contributed by atoms with Crippen molar-refractivity contribution in [2.75, 3.05) is 39.3 Å². The number of piperazine rings is 1. The van der Waals surface area contributed by atoms with Gasteiger partial charge in [-0.3, -0.25) is 9.69 Å². The van der Waals surface area contributed by atoms with Crippen molar-refractivity contribution >= 4 is 16.7 Å². The summed E-state index contributed by atoms with van der Waals surface area (Å²) >= 11 is 0. The standard InChI is InChI=1S/C17H21N3O/c21-17(19-9-12-20-10-7-18-8-11-20)16-6-5-14-3-1-2-4-15(14)13-16/h1-6,13,18H,7-12H2,(H,19,21). The third kappa shape index (κ3) is 3.60. The summed E-state index contributed by atoms with van der Waals surface area (Å²) in [6, 6.07) is 13.9. The van der Waals surface area contributed by atoms with E-state index >= 15 is 0 Å². The zero-order valence-electron chi connectivity index (χ0n) is 12.1. The van der Waals surface area contributed by atoms with Crippen molar-refractivity contribution in [3.05, 3.63) is 48.0 Å². The number of nitrogens with zero attached hydrogens (tertiary/aromatic N) is 1. The van der Waals surface area contributed by atoms with E-state index in [0.717, 1.165) is 49.1 Å². The largest absolute Gasteiger partial charge is 0.351 e. The van der Waals surface area contributed by atoms with Crippen molar-refractivity contribution < 1.29 is 4.79 Å². The van der Waals surface area contributed by atoms with E-state index in [0.29, 0.717) is 6.54 Å². The summed E-state index contributed by atoms with van der Waals surface area (Å²) in [5, 5.41) is 8.60. The maximum atomic E-state index is 12.2. The molecule has 3 rings (SSSR count). The molecule has 4 nitrogen and oxygen atoms in total. The van der Waals surface area contributed by atoms with Gasteiger partial charge in [-0.2, -0.15) is 0 Å². The van der Waals surface area contributed by atoms with Gasteiger partial charge in [-0.15, -0.1) is 0 Å². The van der Waals surface area contributed by atoms with Crippen LogP contribution in [0.1, 0.15) is 10.4 Å². The summed E-state index contributed by atoms with van der Waals surface area (Å²) in [5.41, 5.74) is 0.731. The van der Waals surface area contributed by atoms with Crippen molar-refractivity contribution in [1.82, 2.24) is 15.5 Å². The Hall–Kier alpha value is -1.91. The van der Waals surface area contributed by atoms with E-state index in [-0.39, 0.29) is 5.91 Å². The van der Waals surface area contributed by atoms with Gasteiger partial charge in [-0.1, -0.05) is 30.3 Å². The number of carbonyl (C=O) groups is 1. The maximum absolute atomic E-state index is 12.2. The summed E-state index contributed by atoms with van der Waals surface area (Å²) in [4.78, 5) is 14.6. The molecular formula is C17H21N3O. The van der Waals surface area contributed by atoms with Gasteiger partial charge in [0.15, 0.2) is 0 Å². The van der Waals surface area contributed by atoms with E-state index in [1.54, 1.807) is 0 Å². The first-order valence-electron chi connectivity index (χ1n) is 7.53. The van der Waals surface area contributed by atoms with Crippen molar-refractivity contribution in [2.45, 2.75) is 0 Å². The fourth-order valence-electron chi connectivity index (χ4n) is 2.69. The molecule has 21 heavy (non-hydrogen) atoms. The number of benzene rings is 2. The summed E-state index contributed by atoms with van der Waals surface area (Å²) in [6.45, 7) is 5.82. The molecule has 0 unspecified atom stereocenters. The normalized spacial score (nSPS) is 16.0. The smallest absolute Gasteiger partial charge is 0.251 e. The third-order valence-corrected chi connectivity index (χ3v) is 3.93. The predicted molar refractivity (Wildman–Crippen MR) is 85.6 cm³/mol. The summed E-state index contributed by atoms with van der Waals surface area (Å²) < 4.78 is 0. The van der Waals surface area contributed by atoms with Crippen LogP contribution in [0.3, 0.4) is 0 Å². The Morgan fingerprint density at radius 3 is 2.67 bits per heavy atom. The molecule has 2 aromatic rings. The molecule has 1 heterocycles. The number of rotatable bonds is 4. The zero-order valence-corrected chi connectivity index (χ0v) is 12.1. The van der Waals surface area contributed by atoms with E-state index in [4.69, 9.17) is 0 Å². The van der Waals surface area contributed by atoms with Gasteiger partial charge in [0.25, 0.3) is 5.91 Å². The first kappa shape index (κ1) is 14.0. The molecule has 1 fully saturated rings. The first-order chi connectivity index (χ1) is 10.3. The highest BCUT2D eigenvalue weighted by molar-refractivity contribution is 5.98. The second-order valence-corrected chi connectivity index (χ2v) is 5.41. The Balaban J connectivity index is 1.56. The molecule has 0 atom stereocenters. The van der Waals surface area contributed by atoms with Crippen LogP contribution in [-0.2, 0) is 0 Å². The topological polar surface area (TPSA) is 44.4 Å². The minimum Gasteiger partial charge on any atom is -0.351 e. The molecule has 0 radical (unpaired) electrons. The number of fused-ring (bicyclic) bond motifs is 1. The van der Waals surface area contributed by atoms with Crippen LogP contribution in [0.25, 0.3) is 10.8 Å². The minimum atomic E-state index is 0.0101. The van der Waals surface area contributed by atoms with E-state index in [1.807, 2.05) is 36.4 Å². The zero-order chi connectivity index (χ0) is 14.5. The quantitative estimate of drug-likeness (QED) is 0.893. The Morgan fingerprint density at radius 1 is 1.10 bits per heavy atom. The van der Waals surface area contributed by atoms with Crippen molar-refractivity contribution in [3.8, 4) is 0 Å². The molecular weight excluding hydrogens is 262 g/mol. The first-order valence-corrected chi connectivity index (χ1v) is 7.53. The van der Waals surface area contributed by atoms with Crippen LogP contribution in [0.15, 0.2) is 42.5 Å². The molecule has 1 amide bonds. The summed E-state index contributed by atoms with van der Waals surface area (Å²) in [7, 11) is 0. The highest BCUT2D eigenvalue weighted by atomic mass is 16.1. The van der Waals surface area contributed by atoms with Gasteiger partial charge in [0.1, 0.15) is 0 Å². The molecule has 0 aromatic heterocycles. The Kier molecular flexibility index (Phi) is 4.48. The van der Waals surface area contributed by atoms with Crippen molar-refractivity contribution in [3.63, 3.8) is 0 Å². The van der Waals surface area contributed by atoms with Crippen LogP contribution in [0.5, 0.6) is 0 Å². The van der Waals surface area contributed by atoms with Gasteiger partial charge in [0.05, 0.1) is 0 Å². The highest BCUT2D eigenvalue weighted by Gasteiger charge is 2.10. The minimum absolute atomic E-state index is 0.0101. The summed E-state index contributed by atoms with van der Waals surface area (Å²) in [6.07, 6.45) is 0. The predicted octanol–water partition coefficient (Wildman–Crippen LogP) is 1.47. The average Bonchev–Trinajstić information content (AvgIpc) is 2.55. The van der Waals surface area contributed by atoms with E-state index in [9.17, 15) is 4.79 Å². The molecule has 0 aliphatic carbocycles. The fraction of sp³-hybridized carbons (Fsp3) is 0.353. The molecule has 0 spiro atoms.